The molecule has 0 radical (unpaired) electrons. The van der Waals surface area contributed by atoms with Gasteiger partial charge in [0.15, 0.2) is 6.04 Å². The van der Waals surface area contributed by atoms with Gasteiger partial charge < -0.3 is 117 Å². The lowest BCUT2D eigenvalue weighted by Crippen LogP contribution is -2.63. The molecule has 0 aromatic heterocycles. The highest BCUT2D eigenvalue weighted by molar-refractivity contribution is 7.80. The summed E-state index contributed by atoms with van der Waals surface area (Å²) in [5.74, 6) is -19.0. The molecule has 0 spiro atoms. The highest BCUT2D eigenvalue weighted by Gasteiger charge is 2.39. The number of hydrogen-bond acceptors (Lipinski definition) is 24. The first-order valence-electron chi connectivity index (χ1n) is 27.4. The summed E-state index contributed by atoms with van der Waals surface area (Å²) < 4.78 is 0. The number of aliphatic hydroxyl groups is 5. The third kappa shape index (κ3) is 27.5. The summed E-state index contributed by atoms with van der Waals surface area (Å²) in [6.07, 6.45) is -8.64. The Bertz CT molecular complexity index is 2640. The van der Waals surface area contributed by atoms with E-state index in [-0.39, 0.29) is 31.6 Å². The average molecular weight is 1310 g/mol. The topological polar surface area (TPSA) is 611 Å². The number of amides is 12. The van der Waals surface area contributed by atoms with Gasteiger partial charge in [-0.25, -0.2) is 4.79 Å². The molecule has 16 atom stereocenters. The predicted octanol–water partition coefficient (Wildman–Crippen LogP) is -10.4. The molecular formula is C51H82N14O22S2. The number of aliphatic hydroxyl groups excluding tert-OH is 5. The molecule has 0 aliphatic carbocycles. The van der Waals surface area contributed by atoms with E-state index in [0.717, 1.165) is 20.8 Å². The molecule has 0 aliphatic rings. The smallest absolute Gasteiger partial charge is 0.328 e. The SMILES string of the molecule is C[C@H](NC(=O)[C@H](CCCCN)NC(=O)[C@H](Cc1ccc(O)cc1)NC(=O)[C@H](CS)NC(=O)[C@H](CC(N)=O)NC(=O)[C@@H](NC(=O)[C@H](CO)NC(=O)[C@H](CC(=O)O)NC(=O)[C@@H](NC(=O)[C@H](CS)NC(=O)[C@@H](N)[C@@H](C)O)[C@@H](C)O)[C@@H](C)O)C(=O)N[C@H](C(=O)O)[C@@H](C)O. The van der Waals surface area contributed by atoms with Gasteiger partial charge in [0.2, 0.25) is 70.9 Å². The zero-order valence-corrected chi connectivity index (χ0v) is 50.8. The van der Waals surface area contributed by atoms with E-state index in [2.05, 4.69) is 67.8 Å². The van der Waals surface area contributed by atoms with Crippen molar-refractivity contribution < 1.29 is 108 Å². The van der Waals surface area contributed by atoms with Crippen molar-refractivity contribution in [1.82, 2.24) is 58.5 Å². The Kier molecular flexibility index (Phi) is 34.7. The minimum absolute atomic E-state index is 0.0860. The first-order valence-corrected chi connectivity index (χ1v) is 28.7. The van der Waals surface area contributed by atoms with Gasteiger partial charge in [0.25, 0.3) is 0 Å². The number of hydrogen-bond donors (Lipinski definition) is 24. The maximum Gasteiger partial charge on any atom is 0.328 e. The van der Waals surface area contributed by atoms with Crippen LogP contribution in [0.3, 0.4) is 0 Å². The summed E-state index contributed by atoms with van der Waals surface area (Å²) in [7, 11) is 0. The number of nitrogens with one attached hydrogen (secondary N) is 11. The molecule has 0 heterocycles. The monoisotopic (exact) mass is 1310 g/mol. The van der Waals surface area contributed by atoms with Gasteiger partial charge in [-0.05, 0) is 78.1 Å². The molecule has 1 rings (SSSR count). The minimum atomic E-state index is -2.14. The number of nitrogens with two attached hydrogens (primary N) is 3. The molecule has 25 N–H and O–H groups in total. The zero-order valence-electron chi connectivity index (χ0n) is 49.0. The largest absolute Gasteiger partial charge is 0.508 e. The van der Waals surface area contributed by atoms with E-state index in [4.69, 9.17) is 17.2 Å². The number of aliphatic carboxylic acids is 2. The maximum atomic E-state index is 14.1. The number of carbonyl (C=O) groups excluding carboxylic acids is 12. The van der Waals surface area contributed by atoms with Gasteiger partial charge >= 0.3 is 11.9 Å². The fourth-order valence-electron chi connectivity index (χ4n) is 7.68. The second kappa shape index (κ2) is 39.1. The number of carboxylic acids is 2. The van der Waals surface area contributed by atoms with Crippen LogP contribution >= 0.6 is 25.3 Å². The molecule has 12 amide bonds. The van der Waals surface area contributed by atoms with Crippen molar-refractivity contribution in [2.45, 2.75) is 170 Å². The summed E-state index contributed by atoms with van der Waals surface area (Å²) in [5.41, 5.74) is 16.9. The minimum Gasteiger partial charge on any atom is -0.508 e. The highest BCUT2D eigenvalue weighted by Crippen LogP contribution is 2.13. The van der Waals surface area contributed by atoms with Gasteiger partial charge in [-0.15, -0.1) is 0 Å². The fourth-order valence-corrected chi connectivity index (χ4v) is 8.19. The summed E-state index contributed by atoms with van der Waals surface area (Å²) in [6.45, 7) is 4.32. The number of carboxylic acid groups (broad SMARTS) is 2. The number of rotatable bonds is 40. The number of thiol groups is 2. The van der Waals surface area contributed by atoms with Crippen molar-refractivity contribution in [2.75, 3.05) is 24.7 Å². The Morgan fingerprint density at radius 2 is 0.843 bits per heavy atom. The first kappa shape index (κ1) is 79.0. The second-order valence-electron chi connectivity index (χ2n) is 20.4. The van der Waals surface area contributed by atoms with Crippen LogP contribution in [0.5, 0.6) is 5.75 Å². The molecule has 500 valence electrons. The number of unbranched alkanes of at least 4 members (excludes halogenated alkanes) is 1. The van der Waals surface area contributed by atoms with Crippen LogP contribution in [0.1, 0.15) is 72.3 Å². The number of phenolic OH excluding ortho intramolecular Hbond substituents is 1. The van der Waals surface area contributed by atoms with Crippen molar-refractivity contribution in [2.24, 2.45) is 17.2 Å². The van der Waals surface area contributed by atoms with Gasteiger partial charge in [-0.3, -0.25) is 62.3 Å². The van der Waals surface area contributed by atoms with Crippen LogP contribution in [-0.2, 0) is 73.5 Å². The normalized spacial score (nSPS) is 16.5. The third-order valence-corrected chi connectivity index (χ3v) is 13.6. The molecule has 36 nitrogen and oxygen atoms in total. The molecular weight excluding hydrogens is 1220 g/mol. The molecule has 0 aliphatic heterocycles. The lowest BCUT2D eigenvalue weighted by Gasteiger charge is -2.28. The lowest BCUT2D eigenvalue weighted by atomic mass is 10.0. The second-order valence-corrected chi connectivity index (χ2v) is 21.1. The maximum absolute atomic E-state index is 14.1. The fraction of sp³-hybridized carbons (Fsp3) is 0.608. The third-order valence-electron chi connectivity index (χ3n) is 12.8. The molecule has 0 saturated heterocycles. The summed E-state index contributed by atoms with van der Waals surface area (Å²) in [5, 5.41) is 103. The number of phenols is 1. The van der Waals surface area contributed by atoms with Gasteiger partial charge in [0.05, 0.1) is 43.9 Å². The molecule has 1 aromatic carbocycles. The standard InChI is InChI=1S/C51H82N14O22S2/c1-20(40(75)65-39(24(5)70)51(86)87)55-41(76)27(8-6-7-13-52)56-42(77)28(14-25-9-11-26(71)12-10-25)57-46(81)32(18-88)61-43(78)29(15-34(53)72)58-49(84)37(22(3)68)63-45(80)31(17-66)60-44(79)30(16-35(73)74)59-50(85)38(23(4)69)64-47(82)33(19-89)62-48(83)36(54)21(2)67/h9-12,20-24,27-33,36-39,66-71,88-89H,6-8,13-19,52,54H2,1-5H3,(H2,53,72)(H,55,76)(H,56,77)(H,57,81)(H,58,84)(H,59,85)(H,60,79)(H,61,78)(H,62,83)(H,63,80)(H,64,82)(H,65,75)(H,73,74)(H,86,87)/t20-,21+,22+,23+,24+,27-,28-,29-,30-,31-,32-,33-,36-,37-,38-,39-/m0/s1. The van der Waals surface area contributed by atoms with Gasteiger partial charge in [-0.1, -0.05) is 12.1 Å². The van der Waals surface area contributed by atoms with Crippen LogP contribution in [0.4, 0.5) is 0 Å². The average Bonchev–Trinajstić information content (AvgIpc) is 3.07. The lowest BCUT2D eigenvalue weighted by molar-refractivity contribution is -0.145. The Balaban J connectivity index is 3.43. The van der Waals surface area contributed by atoms with Crippen LogP contribution in [0.15, 0.2) is 24.3 Å². The van der Waals surface area contributed by atoms with E-state index in [1.165, 1.54) is 38.1 Å². The van der Waals surface area contributed by atoms with Crippen molar-refractivity contribution in [1.29, 1.82) is 0 Å². The Labute approximate surface area is 520 Å². The number of primary amides is 1. The molecule has 0 saturated carbocycles. The molecule has 38 heteroatoms. The summed E-state index contributed by atoms with van der Waals surface area (Å²) in [4.78, 5) is 184. The van der Waals surface area contributed by atoms with Crippen molar-refractivity contribution in [3.63, 3.8) is 0 Å². The van der Waals surface area contributed by atoms with Gasteiger partial charge in [0, 0.05) is 17.9 Å². The van der Waals surface area contributed by atoms with E-state index < -0.39 is 211 Å². The molecule has 1 aromatic rings. The number of aromatic hydroxyl groups is 1. The number of benzene rings is 1. The quantitative estimate of drug-likeness (QED) is 0.0214. The van der Waals surface area contributed by atoms with E-state index in [0.29, 0.717) is 12.0 Å². The van der Waals surface area contributed by atoms with E-state index in [1.54, 1.807) is 0 Å². The predicted molar refractivity (Wildman–Crippen MR) is 315 cm³/mol. The van der Waals surface area contributed by atoms with Crippen LogP contribution < -0.4 is 75.7 Å². The Hall–Kier alpha value is -7.98. The zero-order chi connectivity index (χ0) is 68.2. The Morgan fingerprint density at radius 1 is 0.461 bits per heavy atom. The molecule has 89 heavy (non-hydrogen) atoms. The first-order chi connectivity index (χ1) is 41.5. The highest BCUT2D eigenvalue weighted by atomic mass is 32.1. The van der Waals surface area contributed by atoms with Crippen molar-refractivity contribution >= 4 is 108 Å². The van der Waals surface area contributed by atoms with Gasteiger partial charge in [-0.2, -0.15) is 25.3 Å². The molecule has 0 fully saturated rings. The van der Waals surface area contributed by atoms with Gasteiger partial charge in [0.1, 0.15) is 72.2 Å². The van der Waals surface area contributed by atoms with E-state index in [1.807, 2.05) is 16.0 Å². The van der Waals surface area contributed by atoms with E-state index >= 15 is 0 Å². The van der Waals surface area contributed by atoms with Crippen LogP contribution in [0, 0.1) is 0 Å². The molecule has 0 bridgehead atoms. The van der Waals surface area contributed by atoms with Crippen LogP contribution in [-0.4, -0.2) is 245 Å². The van der Waals surface area contributed by atoms with E-state index in [9.17, 15) is 108 Å². The van der Waals surface area contributed by atoms with Crippen molar-refractivity contribution in [3.8, 4) is 5.75 Å². The molecule has 0 unspecified atom stereocenters. The van der Waals surface area contributed by atoms with Crippen LogP contribution in [0.25, 0.3) is 0 Å². The summed E-state index contributed by atoms with van der Waals surface area (Å²) >= 11 is 8.12. The summed E-state index contributed by atoms with van der Waals surface area (Å²) in [6, 6.07) is -16.0. The number of carbonyl (C=O) groups is 14. The Morgan fingerprint density at radius 3 is 1.27 bits per heavy atom. The van der Waals surface area contributed by atoms with Crippen LogP contribution in [0.2, 0.25) is 0 Å². The van der Waals surface area contributed by atoms with Crippen molar-refractivity contribution in [3.05, 3.63) is 29.8 Å².